The van der Waals surface area contributed by atoms with Crippen molar-refractivity contribution in [3.05, 3.63) is 0 Å². The Morgan fingerprint density at radius 1 is 0.290 bits per heavy atom. The van der Waals surface area contributed by atoms with Crippen molar-refractivity contribution in [3.8, 4) is 0 Å². The highest BCUT2D eigenvalue weighted by Gasteiger charge is 2.30. The van der Waals surface area contributed by atoms with E-state index in [2.05, 4.69) is 34.6 Å². The van der Waals surface area contributed by atoms with E-state index in [-0.39, 0.29) is 25.7 Å². The molecule has 0 fully saturated rings. The molecule has 0 rings (SSSR count). The van der Waals surface area contributed by atoms with Crippen molar-refractivity contribution in [2.45, 2.75) is 406 Å². The zero-order valence-electron chi connectivity index (χ0n) is 60.4. The number of phosphoric acid groups is 2. The summed E-state index contributed by atoms with van der Waals surface area (Å²) in [4.78, 5) is 72.5. The van der Waals surface area contributed by atoms with Crippen LogP contribution < -0.4 is 0 Å². The molecule has 19 heteroatoms. The van der Waals surface area contributed by atoms with Gasteiger partial charge in [0.05, 0.1) is 26.4 Å². The van der Waals surface area contributed by atoms with Gasteiger partial charge in [-0.15, -0.1) is 0 Å². The lowest BCUT2D eigenvalue weighted by Gasteiger charge is -2.21. The summed E-state index contributed by atoms with van der Waals surface area (Å²) in [5, 5.41) is 10.6. The van der Waals surface area contributed by atoms with E-state index in [1.807, 2.05) is 0 Å². The minimum Gasteiger partial charge on any atom is -0.462 e. The highest BCUT2D eigenvalue weighted by molar-refractivity contribution is 7.47. The highest BCUT2D eigenvalue weighted by atomic mass is 31.2. The van der Waals surface area contributed by atoms with Gasteiger partial charge in [0.1, 0.15) is 19.3 Å². The Labute approximate surface area is 568 Å². The van der Waals surface area contributed by atoms with Crippen LogP contribution in [-0.2, 0) is 65.4 Å². The van der Waals surface area contributed by atoms with Gasteiger partial charge in [-0.1, -0.05) is 336 Å². The lowest BCUT2D eigenvalue weighted by molar-refractivity contribution is -0.161. The number of aliphatic hydroxyl groups excluding tert-OH is 1. The average Bonchev–Trinajstić information content (AvgIpc) is 3.75. The average molecular weight is 1370 g/mol. The quantitative estimate of drug-likeness (QED) is 0.0222. The third-order valence-electron chi connectivity index (χ3n) is 17.3. The summed E-state index contributed by atoms with van der Waals surface area (Å²) in [5.41, 5.74) is 0. The molecule has 552 valence electrons. The van der Waals surface area contributed by atoms with Crippen LogP contribution in [0, 0.1) is 5.92 Å². The normalized spacial score (nSPS) is 14.0. The molecule has 0 bridgehead atoms. The minimum absolute atomic E-state index is 0.104. The van der Waals surface area contributed by atoms with Crippen molar-refractivity contribution in [2.75, 3.05) is 39.6 Å². The van der Waals surface area contributed by atoms with Gasteiger partial charge in [-0.3, -0.25) is 37.3 Å². The van der Waals surface area contributed by atoms with Gasteiger partial charge in [0, 0.05) is 25.7 Å². The maximum atomic E-state index is 13.1. The van der Waals surface area contributed by atoms with Crippen molar-refractivity contribution in [2.24, 2.45) is 5.92 Å². The SMILES string of the molecule is CCCCCCCCCCCCCCCCCCCCCCC(=O)O[C@H](COC(=O)CCCCCCCCCCCCCCCCC)COP(=O)(O)OC[C@@H](O)COP(=O)(O)OC[C@@H](COC(=O)CCCCCCCCC)OC(=O)CCCCCCCCCCC(C)C. The maximum absolute atomic E-state index is 13.1. The number of carbonyl (C=O) groups excluding carboxylic acids is 4. The van der Waals surface area contributed by atoms with E-state index < -0.39 is 97.5 Å². The third kappa shape index (κ3) is 68.4. The molecule has 0 heterocycles. The second kappa shape index (κ2) is 67.3. The van der Waals surface area contributed by atoms with Crippen molar-refractivity contribution in [3.63, 3.8) is 0 Å². The molecule has 0 spiro atoms. The summed E-state index contributed by atoms with van der Waals surface area (Å²) in [7, 11) is -9.90. The van der Waals surface area contributed by atoms with Crippen LogP contribution >= 0.6 is 15.6 Å². The molecule has 0 radical (unpaired) electrons. The first kappa shape index (κ1) is 91.1. The van der Waals surface area contributed by atoms with Crippen LogP contribution in [0.1, 0.15) is 388 Å². The van der Waals surface area contributed by atoms with Crippen molar-refractivity contribution < 1.29 is 80.2 Å². The highest BCUT2D eigenvalue weighted by Crippen LogP contribution is 2.45. The summed E-state index contributed by atoms with van der Waals surface area (Å²) in [6.07, 6.45) is 55.8. The number of unbranched alkanes of at least 4 members (excludes halogenated alkanes) is 46. The fourth-order valence-corrected chi connectivity index (χ4v) is 12.9. The lowest BCUT2D eigenvalue weighted by Crippen LogP contribution is -2.30. The van der Waals surface area contributed by atoms with Crippen molar-refractivity contribution >= 4 is 39.5 Å². The van der Waals surface area contributed by atoms with E-state index in [1.165, 1.54) is 199 Å². The molecule has 0 aromatic rings. The molecule has 2 unspecified atom stereocenters. The summed E-state index contributed by atoms with van der Waals surface area (Å²) >= 11 is 0. The first-order chi connectivity index (χ1) is 45.0. The number of ether oxygens (including phenoxy) is 4. The molecular weight excluding hydrogens is 1220 g/mol. The Morgan fingerprint density at radius 2 is 0.495 bits per heavy atom. The molecule has 3 N–H and O–H groups in total. The number of carbonyl (C=O) groups is 4. The Balaban J connectivity index is 5.17. The number of esters is 4. The topological polar surface area (TPSA) is 237 Å². The number of rotatable bonds is 74. The van der Waals surface area contributed by atoms with Gasteiger partial charge < -0.3 is 33.8 Å². The Bertz CT molecular complexity index is 1790. The Morgan fingerprint density at radius 3 is 0.731 bits per heavy atom. The lowest BCUT2D eigenvalue weighted by atomic mass is 10.0. The second-order valence-electron chi connectivity index (χ2n) is 27.2. The fourth-order valence-electron chi connectivity index (χ4n) is 11.4. The van der Waals surface area contributed by atoms with Crippen LogP contribution in [0.5, 0.6) is 0 Å². The van der Waals surface area contributed by atoms with E-state index in [9.17, 15) is 43.2 Å². The number of aliphatic hydroxyl groups is 1. The largest absolute Gasteiger partial charge is 0.472 e. The van der Waals surface area contributed by atoms with Crippen LogP contribution in [0.25, 0.3) is 0 Å². The first-order valence-electron chi connectivity index (χ1n) is 38.6. The second-order valence-corrected chi connectivity index (χ2v) is 30.1. The molecule has 0 aromatic heterocycles. The summed E-state index contributed by atoms with van der Waals surface area (Å²) in [5.74, 6) is -1.40. The van der Waals surface area contributed by atoms with Crippen LogP contribution in [0.4, 0.5) is 0 Å². The predicted molar refractivity (Wildman–Crippen MR) is 377 cm³/mol. The van der Waals surface area contributed by atoms with E-state index in [1.54, 1.807) is 0 Å². The third-order valence-corrected chi connectivity index (χ3v) is 19.2. The summed E-state index contributed by atoms with van der Waals surface area (Å²) in [6, 6.07) is 0. The van der Waals surface area contributed by atoms with E-state index >= 15 is 0 Å². The van der Waals surface area contributed by atoms with Crippen molar-refractivity contribution in [1.29, 1.82) is 0 Å². The molecule has 0 aromatic carbocycles. The van der Waals surface area contributed by atoms with Gasteiger partial charge in [0.2, 0.25) is 0 Å². The Kier molecular flexibility index (Phi) is 65.9. The van der Waals surface area contributed by atoms with Crippen LogP contribution in [-0.4, -0.2) is 96.7 Å². The van der Waals surface area contributed by atoms with E-state index in [0.29, 0.717) is 25.7 Å². The maximum Gasteiger partial charge on any atom is 0.472 e. The minimum atomic E-state index is -4.95. The van der Waals surface area contributed by atoms with Crippen LogP contribution in [0.15, 0.2) is 0 Å². The molecule has 17 nitrogen and oxygen atoms in total. The van der Waals surface area contributed by atoms with Crippen LogP contribution in [0.2, 0.25) is 0 Å². The smallest absolute Gasteiger partial charge is 0.462 e. The van der Waals surface area contributed by atoms with Gasteiger partial charge in [-0.25, -0.2) is 9.13 Å². The molecule has 0 aliphatic heterocycles. The summed E-state index contributed by atoms with van der Waals surface area (Å²) in [6.45, 7) is 7.19. The fraction of sp³-hybridized carbons (Fsp3) is 0.946. The zero-order valence-corrected chi connectivity index (χ0v) is 62.2. The van der Waals surface area contributed by atoms with E-state index in [0.717, 1.165) is 109 Å². The molecule has 0 aliphatic rings. The predicted octanol–water partition coefficient (Wildman–Crippen LogP) is 21.7. The first-order valence-corrected chi connectivity index (χ1v) is 41.6. The molecule has 0 saturated carbocycles. The van der Waals surface area contributed by atoms with E-state index in [4.69, 9.17) is 37.0 Å². The Hall–Kier alpha value is -1.94. The molecular formula is C74H144O17P2. The number of hydrogen-bond donors (Lipinski definition) is 3. The molecule has 0 saturated heterocycles. The van der Waals surface area contributed by atoms with Gasteiger partial charge in [0.15, 0.2) is 12.2 Å². The van der Waals surface area contributed by atoms with Crippen LogP contribution in [0.3, 0.4) is 0 Å². The standard InChI is InChI=1S/C74H144O17P2/c1-6-9-12-15-18-20-22-24-26-27-28-29-30-32-34-36-38-44-49-54-59-73(78)90-70(64-85-72(77)58-53-48-43-37-35-33-31-25-23-21-19-16-13-10-7-2)66-89-93(82,83)87-62-68(75)61-86-92(80,81)88-65-69(63-84-71(76)57-52-47-41-17-14-11-8-3)91-74(79)60-55-50-45-40-39-42-46-51-56-67(4)5/h67-70,75H,6-66H2,1-5H3,(H,80,81)(H,82,83)/t68-,69+,70+/m0/s1. The molecule has 0 amide bonds. The zero-order chi connectivity index (χ0) is 68.4. The number of phosphoric ester groups is 2. The van der Waals surface area contributed by atoms with Gasteiger partial charge in [-0.05, 0) is 31.6 Å². The van der Waals surface area contributed by atoms with Gasteiger partial charge in [-0.2, -0.15) is 0 Å². The summed E-state index contributed by atoms with van der Waals surface area (Å²) < 4.78 is 68.3. The molecule has 0 aliphatic carbocycles. The van der Waals surface area contributed by atoms with Gasteiger partial charge in [0.25, 0.3) is 0 Å². The molecule has 93 heavy (non-hydrogen) atoms. The van der Waals surface area contributed by atoms with Crippen molar-refractivity contribution in [1.82, 2.24) is 0 Å². The molecule has 5 atom stereocenters. The monoisotopic (exact) mass is 1370 g/mol. The number of hydrogen-bond acceptors (Lipinski definition) is 15. The van der Waals surface area contributed by atoms with Gasteiger partial charge >= 0.3 is 39.5 Å².